The fourth-order valence-electron chi connectivity index (χ4n) is 3.69. The Hall–Kier alpha value is -1.39. The predicted molar refractivity (Wildman–Crippen MR) is 82.1 cm³/mol. The van der Waals surface area contributed by atoms with Crippen LogP contribution in [-0.2, 0) is 13.0 Å². The smallest absolute Gasteiger partial charge is 0.251 e. The molecule has 0 spiro atoms. The van der Waals surface area contributed by atoms with E-state index in [9.17, 15) is 9.90 Å². The maximum absolute atomic E-state index is 12.5. The Morgan fingerprint density at radius 2 is 2.19 bits per heavy atom. The van der Waals surface area contributed by atoms with Gasteiger partial charge in [-0.3, -0.25) is 4.79 Å². The van der Waals surface area contributed by atoms with Gasteiger partial charge in [0.1, 0.15) is 0 Å². The van der Waals surface area contributed by atoms with Crippen molar-refractivity contribution >= 4 is 5.91 Å². The van der Waals surface area contributed by atoms with E-state index < -0.39 is 0 Å². The minimum Gasteiger partial charge on any atom is -0.396 e. The van der Waals surface area contributed by atoms with Crippen LogP contribution in [0.4, 0.5) is 0 Å². The van der Waals surface area contributed by atoms with E-state index in [4.69, 9.17) is 0 Å². The van der Waals surface area contributed by atoms with Crippen molar-refractivity contribution in [3.63, 3.8) is 0 Å². The first-order valence-electron chi connectivity index (χ1n) is 8.00. The molecule has 2 unspecified atom stereocenters. The van der Waals surface area contributed by atoms with Gasteiger partial charge in [-0.05, 0) is 54.8 Å². The molecule has 114 valence electrons. The second kappa shape index (κ2) is 6.58. The third-order valence-corrected chi connectivity index (χ3v) is 4.96. The van der Waals surface area contributed by atoms with Crippen molar-refractivity contribution in [2.24, 2.45) is 11.8 Å². The van der Waals surface area contributed by atoms with Crippen LogP contribution in [0.3, 0.4) is 0 Å². The first-order chi connectivity index (χ1) is 10.3. The van der Waals surface area contributed by atoms with Crippen molar-refractivity contribution in [3.05, 3.63) is 34.9 Å². The van der Waals surface area contributed by atoms with Gasteiger partial charge in [-0.1, -0.05) is 18.6 Å². The van der Waals surface area contributed by atoms with E-state index in [2.05, 4.69) is 16.7 Å². The molecule has 1 aliphatic heterocycles. The molecule has 0 aromatic heterocycles. The van der Waals surface area contributed by atoms with Gasteiger partial charge in [0.25, 0.3) is 5.91 Å². The Balaban J connectivity index is 1.66. The summed E-state index contributed by atoms with van der Waals surface area (Å²) in [5, 5.41) is 15.8. The summed E-state index contributed by atoms with van der Waals surface area (Å²) in [6.45, 7) is 2.72. The second-order valence-electron chi connectivity index (χ2n) is 6.21. The molecule has 1 amide bonds. The van der Waals surface area contributed by atoms with E-state index in [1.54, 1.807) is 0 Å². The zero-order valence-corrected chi connectivity index (χ0v) is 12.4. The van der Waals surface area contributed by atoms with Gasteiger partial charge in [-0.25, -0.2) is 0 Å². The Kier molecular flexibility index (Phi) is 4.56. The molecule has 21 heavy (non-hydrogen) atoms. The number of aliphatic hydroxyl groups excluding tert-OH is 1. The predicted octanol–water partition coefficient (Wildman–Crippen LogP) is 1.47. The highest BCUT2D eigenvalue weighted by molar-refractivity contribution is 5.96. The van der Waals surface area contributed by atoms with E-state index in [0.29, 0.717) is 18.4 Å². The largest absolute Gasteiger partial charge is 0.396 e. The van der Waals surface area contributed by atoms with Crippen LogP contribution in [0, 0.1) is 11.8 Å². The molecule has 3 rings (SSSR count). The monoisotopic (exact) mass is 288 g/mol. The molecule has 2 aliphatic rings. The zero-order chi connectivity index (χ0) is 14.7. The number of rotatable bonds is 4. The van der Waals surface area contributed by atoms with Crippen LogP contribution >= 0.6 is 0 Å². The number of carbonyl (C=O) groups excluding carboxylic acids is 1. The van der Waals surface area contributed by atoms with Crippen LogP contribution in [0.25, 0.3) is 0 Å². The highest BCUT2D eigenvalue weighted by Gasteiger charge is 2.27. The van der Waals surface area contributed by atoms with Crippen LogP contribution in [0.5, 0.6) is 0 Å². The molecule has 1 fully saturated rings. The molecular formula is C17H24N2O2. The zero-order valence-electron chi connectivity index (χ0n) is 12.4. The number of amides is 1. The number of hydrogen-bond donors (Lipinski definition) is 3. The van der Waals surface area contributed by atoms with Crippen molar-refractivity contribution in [1.29, 1.82) is 0 Å². The molecule has 1 aromatic carbocycles. The van der Waals surface area contributed by atoms with Crippen LogP contribution in [0.2, 0.25) is 0 Å². The maximum atomic E-state index is 12.5. The summed E-state index contributed by atoms with van der Waals surface area (Å²) in [4.78, 5) is 12.5. The quantitative estimate of drug-likeness (QED) is 0.786. The molecule has 2 atom stereocenters. The number of benzene rings is 1. The second-order valence-corrected chi connectivity index (χ2v) is 6.21. The van der Waals surface area contributed by atoms with Gasteiger partial charge in [-0.15, -0.1) is 0 Å². The third-order valence-electron chi connectivity index (χ3n) is 4.96. The number of nitrogens with one attached hydrogen (secondary N) is 2. The lowest BCUT2D eigenvalue weighted by Crippen LogP contribution is -2.33. The van der Waals surface area contributed by atoms with Crippen molar-refractivity contribution in [2.75, 3.05) is 19.7 Å². The molecular weight excluding hydrogens is 264 g/mol. The standard InChI is InChI=1S/C17H24N2O2/c20-11-14-5-1-3-12(14)10-19-17(21)16-6-2-4-13-9-18-8-7-15(13)16/h2,4,6,12,14,18,20H,1,3,5,7-11H2,(H,19,21). The molecule has 1 heterocycles. The summed E-state index contributed by atoms with van der Waals surface area (Å²) in [6.07, 6.45) is 4.28. The minimum absolute atomic E-state index is 0.0392. The van der Waals surface area contributed by atoms with E-state index >= 15 is 0 Å². The summed E-state index contributed by atoms with van der Waals surface area (Å²) in [6, 6.07) is 5.99. The summed E-state index contributed by atoms with van der Waals surface area (Å²) in [5.41, 5.74) is 3.26. The first kappa shape index (κ1) is 14.5. The topological polar surface area (TPSA) is 61.4 Å². The van der Waals surface area contributed by atoms with Crippen LogP contribution in [0.15, 0.2) is 18.2 Å². The number of fused-ring (bicyclic) bond motifs is 1. The normalized spacial score (nSPS) is 24.6. The number of hydrogen-bond acceptors (Lipinski definition) is 3. The molecule has 1 saturated carbocycles. The van der Waals surface area contributed by atoms with Crippen molar-refractivity contribution < 1.29 is 9.90 Å². The van der Waals surface area contributed by atoms with Crippen LogP contribution in [-0.4, -0.2) is 30.7 Å². The van der Waals surface area contributed by atoms with E-state index in [1.165, 1.54) is 11.1 Å². The van der Waals surface area contributed by atoms with Crippen LogP contribution in [0.1, 0.15) is 40.7 Å². The third kappa shape index (κ3) is 3.11. The van der Waals surface area contributed by atoms with E-state index in [1.807, 2.05) is 12.1 Å². The molecule has 0 saturated heterocycles. The molecule has 4 nitrogen and oxygen atoms in total. The van der Waals surface area contributed by atoms with Crippen LogP contribution < -0.4 is 10.6 Å². The first-order valence-corrected chi connectivity index (χ1v) is 8.00. The summed E-state index contributed by atoms with van der Waals surface area (Å²) < 4.78 is 0. The van der Waals surface area contributed by atoms with Gasteiger partial charge in [0.2, 0.25) is 0 Å². The fraction of sp³-hybridized carbons (Fsp3) is 0.588. The highest BCUT2D eigenvalue weighted by Crippen LogP contribution is 2.30. The van der Waals surface area contributed by atoms with Crippen molar-refractivity contribution in [2.45, 2.75) is 32.2 Å². The minimum atomic E-state index is 0.0392. The maximum Gasteiger partial charge on any atom is 0.251 e. The van der Waals surface area contributed by atoms with Gasteiger partial charge in [0.05, 0.1) is 0 Å². The Labute approximate surface area is 125 Å². The SMILES string of the molecule is O=C(NCC1CCCC1CO)c1cccc2c1CCNC2. The number of carbonyl (C=O) groups is 1. The summed E-state index contributed by atoms with van der Waals surface area (Å²) >= 11 is 0. The molecule has 0 radical (unpaired) electrons. The van der Waals surface area contributed by atoms with E-state index in [-0.39, 0.29) is 12.5 Å². The Morgan fingerprint density at radius 1 is 1.33 bits per heavy atom. The summed E-state index contributed by atoms with van der Waals surface area (Å²) in [5.74, 6) is 0.830. The van der Waals surface area contributed by atoms with Gasteiger partial charge in [0.15, 0.2) is 0 Å². The lowest BCUT2D eigenvalue weighted by Gasteiger charge is -2.21. The molecule has 4 heteroatoms. The van der Waals surface area contributed by atoms with Gasteiger partial charge in [-0.2, -0.15) is 0 Å². The Bertz CT molecular complexity index is 516. The number of aliphatic hydroxyl groups is 1. The lowest BCUT2D eigenvalue weighted by atomic mass is 9.94. The molecule has 0 bridgehead atoms. The summed E-state index contributed by atoms with van der Waals surface area (Å²) in [7, 11) is 0. The van der Waals surface area contributed by atoms with E-state index in [0.717, 1.165) is 44.3 Å². The van der Waals surface area contributed by atoms with Gasteiger partial charge in [0, 0.05) is 25.3 Å². The molecule has 3 N–H and O–H groups in total. The highest BCUT2D eigenvalue weighted by atomic mass is 16.3. The van der Waals surface area contributed by atoms with Gasteiger partial charge < -0.3 is 15.7 Å². The lowest BCUT2D eigenvalue weighted by molar-refractivity contribution is 0.0936. The molecule has 1 aliphatic carbocycles. The Morgan fingerprint density at radius 3 is 3.05 bits per heavy atom. The fourth-order valence-corrected chi connectivity index (χ4v) is 3.69. The average Bonchev–Trinajstić information content (AvgIpc) is 2.99. The molecule has 1 aromatic rings. The van der Waals surface area contributed by atoms with Crippen molar-refractivity contribution in [1.82, 2.24) is 10.6 Å². The van der Waals surface area contributed by atoms with Crippen molar-refractivity contribution in [3.8, 4) is 0 Å². The van der Waals surface area contributed by atoms with Gasteiger partial charge >= 0.3 is 0 Å². The average molecular weight is 288 g/mol.